The van der Waals surface area contributed by atoms with E-state index in [0.29, 0.717) is 17.9 Å². The number of rotatable bonds is 6. The fourth-order valence-electron chi connectivity index (χ4n) is 3.45. The molecule has 29 heavy (non-hydrogen) atoms. The molecule has 0 fully saturated rings. The number of anilines is 1. The molecule has 1 heterocycles. The molecule has 3 aromatic rings. The highest BCUT2D eigenvalue weighted by Crippen LogP contribution is 2.33. The van der Waals surface area contributed by atoms with Crippen molar-refractivity contribution in [1.29, 1.82) is 0 Å². The number of carbonyl (C=O) groups excluding carboxylic acids is 1. The zero-order valence-electron chi connectivity index (χ0n) is 16.8. The SMILES string of the molecule is CCCCOc1ccc2ccccc2c1/C=C1/C(=O)N(c2ccccc2)N=C1C. The number of amides is 1. The summed E-state index contributed by atoms with van der Waals surface area (Å²) in [7, 11) is 0. The number of benzene rings is 3. The smallest absolute Gasteiger partial charge is 0.280 e. The fourth-order valence-corrected chi connectivity index (χ4v) is 3.45. The van der Waals surface area contributed by atoms with E-state index in [1.807, 2.05) is 61.5 Å². The van der Waals surface area contributed by atoms with Crippen molar-refractivity contribution < 1.29 is 9.53 Å². The lowest BCUT2D eigenvalue weighted by molar-refractivity contribution is -0.114. The summed E-state index contributed by atoms with van der Waals surface area (Å²) >= 11 is 0. The predicted octanol–water partition coefficient (Wildman–Crippen LogP) is 5.82. The molecule has 1 aliphatic rings. The maximum atomic E-state index is 13.1. The molecule has 0 radical (unpaired) electrons. The van der Waals surface area contributed by atoms with Crippen LogP contribution < -0.4 is 9.75 Å². The van der Waals surface area contributed by atoms with Gasteiger partial charge in [0.05, 0.1) is 23.6 Å². The number of unbranched alkanes of at least 4 members (excludes halogenated alkanes) is 1. The number of carbonyl (C=O) groups is 1. The summed E-state index contributed by atoms with van der Waals surface area (Å²) < 4.78 is 6.07. The molecule has 0 N–H and O–H groups in total. The number of ether oxygens (including phenoxy) is 1. The Bertz CT molecular complexity index is 1100. The molecule has 0 saturated heterocycles. The van der Waals surface area contributed by atoms with Crippen molar-refractivity contribution in [3.63, 3.8) is 0 Å². The van der Waals surface area contributed by atoms with Gasteiger partial charge in [0.1, 0.15) is 5.75 Å². The summed E-state index contributed by atoms with van der Waals surface area (Å²) in [6.45, 7) is 4.67. The van der Waals surface area contributed by atoms with Crippen molar-refractivity contribution in [3.8, 4) is 5.75 Å². The Balaban J connectivity index is 1.78. The minimum atomic E-state index is -0.124. The van der Waals surface area contributed by atoms with Gasteiger partial charge in [-0.1, -0.05) is 61.9 Å². The second kappa shape index (κ2) is 8.31. The van der Waals surface area contributed by atoms with E-state index in [2.05, 4.69) is 30.2 Å². The summed E-state index contributed by atoms with van der Waals surface area (Å²) in [6, 6.07) is 21.7. The Morgan fingerprint density at radius 1 is 1.00 bits per heavy atom. The van der Waals surface area contributed by atoms with E-state index in [1.54, 1.807) is 0 Å². The molecular formula is C25H24N2O2. The number of fused-ring (bicyclic) bond motifs is 1. The zero-order valence-corrected chi connectivity index (χ0v) is 16.8. The van der Waals surface area contributed by atoms with Gasteiger partial charge in [0.15, 0.2) is 0 Å². The van der Waals surface area contributed by atoms with Crippen molar-refractivity contribution in [3.05, 3.63) is 77.9 Å². The fraction of sp³-hybridized carbons (Fsp3) is 0.200. The van der Waals surface area contributed by atoms with Crippen molar-refractivity contribution in [2.24, 2.45) is 5.10 Å². The van der Waals surface area contributed by atoms with Crippen molar-refractivity contribution in [1.82, 2.24) is 0 Å². The quantitative estimate of drug-likeness (QED) is 0.397. The van der Waals surface area contributed by atoms with Crippen LogP contribution in [0.1, 0.15) is 32.3 Å². The van der Waals surface area contributed by atoms with Crippen LogP contribution in [0, 0.1) is 0 Å². The van der Waals surface area contributed by atoms with Gasteiger partial charge in [0.2, 0.25) is 0 Å². The molecule has 0 aromatic heterocycles. The van der Waals surface area contributed by atoms with Crippen molar-refractivity contribution in [2.75, 3.05) is 11.6 Å². The third-order valence-electron chi connectivity index (χ3n) is 5.04. The number of hydrogen-bond donors (Lipinski definition) is 0. The third kappa shape index (κ3) is 3.79. The molecule has 4 rings (SSSR count). The van der Waals surface area contributed by atoms with Gasteiger partial charge in [0, 0.05) is 5.56 Å². The summed E-state index contributed by atoms with van der Waals surface area (Å²) in [6.07, 6.45) is 3.98. The molecule has 1 amide bonds. The summed E-state index contributed by atoms with van der Waals surface area (Å²) in [5, 5.41) is 8.13. The van der Waals surface area contributed by atoms with Crippen LogP contribution in [-0.2, 0) is 4.79 Å². The van der Waals surface area contributed by atoms with E-state index in [9.17, 15) is 4.79 Å². The summed E-state index contributed by atoms with van der Waals surface area (Å²) in [4.78, 5) is 13.1. The number of para-hydroxylation sites is 1. The second-order valence-corrected chi connectivity index (χ2v) is 7.10. The van der Waals surface area contributed by atoms with Gasteiger partial charge in [-0.25, -0.2) is 0 Å². The van der Waals surface area contributed by atoms with Gasteiger partial charge in [-0.05, 0) is 48.4 Å². The molecule has 0 bridgehead atoms. The largest absolute Gasteiger partial charge is 0.493 e. The molecule has 0 saturated carbocycles. The van der Waals surface area contributed by atoms with Crippen LogP contribution in [0.2, 0.25) is 0 Å². The molecule has 1 aliphatic heterocycles. The van der Waals surface area contributed by atoms with Gasteiger partial charge < -0.3 is 4.74 Å². The lowest BCUT2D eigenvalue weighted by Gasteiger charge is -2.13. The molecule has 4 nitrogen and oxygen atoms in total. The maximum absolute atomic E-state index is 13.1. The first-order valence-corrected chi connectivity index (χ1v) is 10.0. The van der Waals surface area contributed by atoms with Crippen LogP contribution in [0.5, 0.6) is 5.75 Å². The van der Waals surface area contributed by atoms with Gasteiger partial charge >= 0.3 is 0 Å². The highest BCUT2D eigenvalue weighted by molar-refractivity contribution is 6.32. The number of hydrogen-bond acceptors (Lipinski definition) is 3. The van der Waals surface area contributed by atoms with Gasteiger partial charge in [0.25, 0.3) is 5.91 Å². The Kier molecular flexibility index (Phi) is 5.43. The third-order valence-corrected chi connectivity index (χ3v) is 5.04. The van der Waals surface area contributed by atoms with E-state index >= 15 is 0 Å². The predicted molar refractivity (Wildman–Crippen MR) is 119 cm³/mol. The minimum absolute atomic E-state index is 0.124. The molecular weight excluding hydrogens is 360 g/mol. The van der Waals surface area contributed by atoms with E-state index in [1.165, 1.54) is 5.01 Å². The average molecular weight is 384 g/mol. The molecule has 146 valence electrons. The van der Waals surface area contributed by atoms with Gasteiger partial charge in [-0.15, -0.1) is 0 Å². The normalized spacial score (nSPS) is 15.2. The van der Waals surface area contributed by atoms with E-state index in [-0.39, 0.29) is 5.91 Å². The van der Waals surface area contributed by atoms with Gasteiger partial charge in [-0.3, -0.25) is 4.79 Å². The molecule has 4 heteroatoms. The minimum Gasteiger partial charge on any atom is -0.493 e. The Hall–Kier alpha value is -3.40. The Morgan fingerprint density at radius 2 is 1.76 bits per heavy atom. The van der Waals surface area contributed by atoms with Crippen molar-refractivity contribution >= 4 is 34.2 Å². The molecule has 0 aliphatic carbocycles. The maximum Gasteiger partial charge on any atom is 0.280 e. The van der Waals surface area contributed by atoms with Gasteiger partial charge in [-0.2, -0.15) is 10.1 Å². The van der Waals surface area contributed by atoms with Crippen LogP contribution >= 0.6 is 0 Å². The van der Waals surface area contributed by atoms with Crippen LogP contribution in [-0.4, -0.2) is 18.2 Å². The highest BCUT2D eigenvalue weighted by Gasteiger charge is 2.29. The van der Waals surface area contributed by atoms with Crippen LogP contribution in [0.15, 0.2) is 77.4 Å². The number of hydrazone groups is 1. The Morgan fingerprint density at radius 3 is 2.55 bits per heavy atom. The van der Waals surface area contributed by atoms with E-state index in [0.717, 1.165) is 40.6 Å². The monoisotopic (exact) mass is 384 g/mol. The van der Waals surface area contributed by atoms with E-state index < -0.39 is 0 Å². The molecule has 0 atom stereocenters. The first-order valence-electron chi connectivity index (χ1n) is 10.0. The van der Waals surface area contributed by atoms with Crippen molar-refractivity contribution in [2.45, 2.75) is 26.7 Å². The molecule has 0 unspecified atom stereocenters. The topological polar surface area (TPSA) is 41.9 Å². The lowest BCUT2D eigenvalue weighted by Crippen LogP contribution is -2.21. The Labute approximate surface area is 171 Å². The second-order valence-electron chi connectivity index (χ2n) is 7.10. The lowest BCUT2D eigenvalue weighted by atomic mass is 9.99. The highest BCUT2D eigenvalue weighted by atomic mass is 16.5. The zero-order chi connectivity index (χ0) is 20.2. The summed E-state index contributed by atoms with van der Waals surface area (Å²) in [5.74, 6) is 0.671. The molecule has 3 aromatic carbocycles. The first kappa shape index (κ1) is 18.9. The van der Waals surface area contributed by atoms with E-state index in [4.69, 9.17) is 4.74 Å². The summed E-state index contributed by atoms with van der Waals surface area (Å²) in [5.41, 5.74) is 2.97. The average Bonchev–Trinajstić information content (AvgIpc) is 3.04. The standard InChI is InChI=1S/C25H24N2O2/c1-3-4-16-29-24-15-14-19-10-8-9-13-21(19)23(24)17-22-18(2)26-27(25(22)28)20-11-6-5-7-12-20/h5-15,17H,3-4,16H2,1-2H3/b22-17+. The van der Waals surface area contributed by atoms with Crippen LogP contribution in [0.25, 0.3) is 16.8 Å². The first-order chi connectivity index (χ1) is 14.2. The van der Waals surface area contributed by atoms with Crippen LogP contribution in [0.3, 0.4) is 0 Å². The molecule has 0 spiro atoms. The van der Waals surface area contributed by atoms with Crippen LogP contribution in [0.4, 0.5) is 5.69 Å². The number of nitrogens with zero attached hydrogens (tertiary/aromatic N) is 2.